The molecule has 2 atom stereocenters. The number of hydrogen-bond donors (Lipinski definition) is 1. The molecule has 1 aliphatic heterocycles. The van der Waals surface area contributed by atoms with Gasteiger partial charge in [-0.2, -0.15) is 0 Å². The fraction of sp³-hybridized carbons (Fsp3) is 0.333. The molecule has 2 aromatic rings. The molecule has 0 spiro atoms. The summed E-state index contributed by atoms with van der Waals surface area (Å²) in [6.07, 6.45) is 1.66. The molecule has 8 nitrogen and oxygen atoms in total. The van der Waals surface area contributed by atoms with Crippen molar-refractivity contribution in [1.29, 1.82) is 0 Å². The number of nitrogens with zero attached hydrogens (tertiary/aromatic N) is 2. The van der Waals surface area contributed by atoms with Gasteiger partial charge in [-0.3, -0.25) is 24.6 Å². The second-order valence-corrected chi connectivity index (χ2v) is 7.27. The van der Waals surface area contributed by atoms with E-state index in [9.17, 15) is 24.8 Å². The lowest BCUT2D eigenvalue weighted by Gasteiger charge is -2.27. The molecule has 0 unspecified atom stereocenters. The molecule has 1 N–H and O–H groups in total. The summed E-state index contributed by atoms with van der Waals surface area (Å²) < 4.78 is 5.89. The van der Waals surface area contributed by atoms with Crippen LogP contribution in [0, 0.1) is 10.1 Å². The molecule has 1 heterocycles. The normalized spacial score (nSPS) is 19.1. The number of benzene rings is 2. The molecule has 1 aliphatic carbocycles. The fourth-order valence-corrected chi connectivity index (χ4v) is 3.93. The van der Waals surface area contributed by atoms with Gasteiger partial charge in [-0.15, -0.1) is 0 Å². The number of aliphatic hydroxyl groups is 1. The van der Waals surface area contributed by atoms with E-state index in [1.54, 1.807) is 0 Å². The fourth-order valence-electron chi connectivity index (χ4n) is 3.93. The van der Waals surface area contributed by atoms with Gasteiger partial charge < -0.3 is 9.84 Å². The highest BCUT2D eigenvalue weighted by Crippen LogP contribution is 2.32. The molecule has 0 saturated heterocycles. The number of non-ortho nitro benzene ring substituents is 1. The van der Waals surface area contributed by atoms with Crippen molar-refractivity contribution >= 4 is 17.5 Å². The second-order valence-electron chi connectivity index (χ2n) is 7.27. The zero-order valence-electron chi connectivity index (χ0n) is 15.6. The van der Waals surface area contributed by atoms with Crippen molar-refractivity contribution in [2.24, 2.45) is 0 Å². The van der Waals surface area contributed by atoms with Gasteiger partial charge in [0.25, 0.3) is 17.5 Å². The maximum Gasteiger partial charge on any atom is 0.270 e. The Morgan fingerprint density at radius 1 is 1.17 bits per heavy atom. The van der Waals surface area contributed by atoms with E-state index in [1.165, 1.54) is 17.7 Å². The Kier molecular flexibility index (Phi) is 5.12. The van der Waals surface area contributed by atoms with E-state index < -0.39 is 22.8 Å². The third-order valence-electron chi connectivity index (χ3n) is 5.36. The van der Waals surface area contributed by atoms with Crippen molar-refractivity contribution in [2.45, 2.75) is 31.5 Å². The number of rotatable bonds is 6. The van der Waals surface area contributed by atoms with Crippen molar-refractivity contribution in [2.75, 3.05) is 13.2 Å². The van der Waals surface area contributed by atoms with E-state index in [4.69, 9.17) is 4.74 Å². The SMILES string of the molecule is O=C1c2ccc([N+](=O)[O-])cc2C(=O)N1C[C@H](O)CO[C@@H]1CCCc2ccccc21. The average molecular weight is 396 g/mol. The number of imide groups is 1. The summed E-state index contributed by atoms with van der Waals surface area (Å²) in [6, 6.07) is 11.6. The number of β-amino-alcohol motifs (C(OH)–C–C–N with tert-alkyl or cyclic N) is 1. The van der Waals surface area contributed by atoms with Crippen molar-refractivity contribution in [3.05, 3.63) is 74.8 Å². The third kappa shape index (κ3) is 3.64. The smallest absolute Gasteiger partial charge is 0.270 e. The average Bonchev–Trinajstić information content (AvgIpc) is 2.96. The number of carbonyl (C=O) groups excluding carboxylic acids is 2. The zero-order valence-corrected chi connectivity index (χ0v) is 15.6. The van der Waals surface area contributed by atoms with Crippen molar-refractivity contribution in [3.63, 3.8) is 0 Å². The van der Waals surface area contributed by atoms with Crippen molar-refractivity contribution < 1.29 is 24.4 Å². The van der Waals surface area contributed by atoms with Crippen LogP contribution in [0.4, 0.5) is 5.69 Å². The first-order valence-electron chi connectivity index (χ1n) is 9.48. The van der Waals surface area contributed by atoms with Crippen LogP contribution in [0.2, 0.25) is 0 Å². The summed E-state index contributed by atoms with van der Waals surface area (Å²) in [4.78, 5) is 36.2. The van der Waals surface area contributed by atoms with E-state index in [0.717, 1.165) is 35.8 Å². The number of aliphatic hydroxyl groups excluding tert-OH is 1. The monoisotopic (exact) mass is 396 g/mol. The maximum absolute atomic E-state index is 12.5. The Balaban J connectivity index is 1.40. The topological polar surface area (TPSA) is 110 Å². The van der Waals surface area contributed by atoms with E-state index in [-0.39, 0.29) is 36.1 Å². The van der Waals surface area contributed by atoms with Crippen LogP contribution in [-0.4, -0.2) is 46.0 Å². The molecule has 2 aromatic carbocycles. The Bertz CT molecular complexity index is 989. The molecule has 29 heavy (non-hydrogen) atoms. The number of amides is 2. The lowest BCUT2D eigenvalue weighted by atomic mass is 9.89. The number of ether oxygens (including phenoxy) is 1. The van der Waals surface area contributed by atoms with Crippen LogP contribution in [0.25, 0.3) is 0 Å². The predicted molar refractivity (Wildman–Crippen MR) is 103 cm³/mol. The van der Waals surface area contributed by atoms with E-state index in [1.807, 2.05) is 18.2 Å². The number of fused-ring (bicyclic) bond motifs is 2. The number of nitro groups is 1. The molecule has 4 rings (SSSR count). The van der Waals surface area contributed by atoms with Crippen molar-refractivity contribution in [3.8, 4) is 0 Å². The highest BCUT2D eigenvalue weighted by Gasteiger charge is 2.37. The number of nitro benzene ring substituents is 1. The summed E-state index contributed by atoms with van der Waals surface area (Å²) in [5, 5.41) is 21.3. The molecular formula is C21H20N2O6. The predicted octanol–water partition coefficient (Wildman–Crippen LogP) is 2.65. The van der Waals surface area contributed by atoms with Crippen LogP contribution in [0.15, 0.2) is 42.5 Å². The minimum atomic E-state index is -1.05. The lowest BCUT2D eigenvalue weighted by molar-refractivity contribution is -0.384. The van der Waals surface area contributed by atoms with Gasteiger partial charge in [-0.1, -0.05) is 24.3 Å². The molecule has 0 bridgehead atoms. The van der Waals surface area contributed by atoms with Gasteiger partial charge in [-0.05, 0) is 36.5 Å². The zero-order chi connectivity index (χ0) is 20.5. The third-order valence-corrected chi connectivity index (χ3v) is 5.36. The van der Waals surface area contributed by atoms with Gasteiger partial charge >= 0.3 is 0 Å². The van der Waals surface area contributed by atoms with Crippen LogP contribution < -0.4 is 0 Å². The Morgan fingerprint density at radius 3 is 2.72 bits per heavy atom. The molecule has 0 radical (unpaired) electrons. The van der Waals surface area contributed by atoms with Crippen LogP contribution in [0.1, 0.15) is 50.8 Å². The number of aryl methyl sites for hydroxylation is 1. The minimum Gasteiger partial charge on any atom is -0.389 e. The van der Waals surface area contributed by atoms with Gasteiger partial charge in [0.2, 0.25) is 0 Å². The van der Waals surface area contributed by atoms with Gasteiger partial charge in [0.1, 0.15) is 0 Å². The Hall–Kier alpha value is -3.10. The molecule has 2 amide bonds. The molecule has 8 heteroatoms. The van der Waals surface area contributed by atoms with E-state index in [0.29, 0.717) is 0 Å². The van der Waals surface area contributed by atoms with Gasteiger partial charge in [0.05, 0.1) is 41.4 Å². The Labute approximate surface area is 166 Å². The summed E-state index contributed by atoms with van der Waals surface area (Å²) >= 11 is 0. The van der Waals surface area contributed by atoms with Crippen LogP contribution in [0.5, 0.6) is 0 Å². The van der Waals surface area contributed by atoms with E-state index in [2.05, 4.69) is 6.07 Å². The molecule has 0 fully saturated rings. The molecule has 0 aromatic heterocycles. The first-order valence-corrected chi connectivity index (χ1v) is 9.48. The maximum atomic E-state index is 12.5. The highest BCUT2D eigenvalue weighted by atomic mass is 16.6. The lowest BCUT2D eigenvalue weighted by Crippen LogP contribution is -2.39. The van der Waals surface area contributed by atoms with Crippen LogP contribution >= 0.6 is 0 Å². The largest absolute Gasteiger partial charge is 0.389 e. The highest BCUT2D eigenvalue weighted by molar-refractivity contribution is 6.21. The number of carbonyl (C=O) groups is 2. The van der Waals surface area contributed by atoms with Gasteiger partial charge in [-0.25, -0.2) is 0 Å². The molecule has 2 aliphatic rings. The standard InChI is InChI=1S/C21H20N2O6/c24-15(12-29-19-7-3-5-13-4-1-2-6-16(13)19)11-22-20(25)17-9-8-14(23(27)28)10-18(17)21(22)26/h1-2,4,6,8-10,15,19,24H,3,5,7,11-12H2/t15-,19+/m0/s1. The summed E-state index contributed by atoms with van der Waals surface area (Å²) in [5.74, 6) is -1.21. The van der Waals surface area contributed by atoms with E-state index >= 15 is 0 Å². The Morgan fingerprint density at radius 2 is 1.93 bits per heavy atom. The quantitative estimate of drug-likeness (QED) is 0.457. The molecule has 150 valence electrons. The van der Waals surface area contributed by atoms with Gasteiger partial charge in [0, 0.05) is 12.1 Å². The molecular weight excluding hydrogens is 376 g/mol. The second kappa shape index (κ2) is 7.73. The summed E-state index contributed by atoms with van der Waals surface area (Å²) in [6.45, 7) is -0.249. The summed E-state index contributed by atoms with van der Waals surface area (Å²) in [7, 11) is 0. The first kappa shape index (κ1) is 19.2. The first-order chi connectivity index (χ1) is 14.0. The van der Waals surface area contributed by atoms with Gasteiger partial charge in [0.15, 0.2) is 0 Å². The summed E-state index contributed by atoms with van der Waals surface area (Å²) in [5.41, 5.74) is 2.18. The van der Waals surface area contributed by atoms with Crippen LogP contribution in [0.3, 0.4) is 0 Å². The number of hydrogen-bond acceptors (Lipinski definition) is 6. The minimum absolute atomic E-state index is 0.0153. The van der Waals surface area contributed by atoms with Crippen LogP contribution in [-0.2, 0) is 11.2 Å². The van der Waals surface area contributed by atoms with Crippen molar-refractivity contribution in [1.82, 2.24) is 4.90 Å². The molecule has 0 saturated carbocycles.